The summed E-state index contributed by atoms with van der Waals surface area (Å²) in [5.74, 6) is 1.70. The Morgan fingerprint density at radius 3 is 2.71 bits per heavy atom. The van der Waals surface area contributed by atoms with Crippen LogP contribution >= 0.6 is 35.7 Å². The first kappa shape index (κ1) is 12.3. The van der Waals surface area contributed by atoms with Gasteiger partial charge < -0.3 is 5.32 Å². The summed E-state index contributed by atoms with van der Waals surface area (Å²) < 4.78 is 0.933. The van der Waals surface area contributed by atoms with E-state index in [0.29, 0.717) is 5.92 Å². The molecule has 0 aromatic rings. The van der Waals surface area contributed by atoms with Gasteiger partial charge in [-0.15, -0.1) is 11.8 Å². The molecule has 80 valence electrons. The first-order chi connectivity index (χ1) is 6.56. The van der Waals surface area contributed by atoms with Gasteiger partial charge in [0, 0.05) is 0 Å². The molecular weight excluding hydrogens is 234 g/mol. The summed E-state index contributed by atoms with van der Waals surface area (Å²) in [4.78, 5) is 11.2. The van der Waals surface area contributed by atoms with E-state index in [9.17, 15) is 4.79 Å². The number of nitrogens with one attached hydrogen (secondary N) is 1. The number of hydrogen-bond donors (Lipinski definition) is 1. The molecule has 0 bridgehead atoms. The van der Waals surface area contributed by atoms with E-state index in [1.165, 1.54) is 0 Å². The van der Waals surface area contributed by atoms with Gasteiger partial charge in [-0.1, -0.05) is 44.8 Å². The van der Waals surface area contributed by atoms with Crippen molar-refractivity contribution in [3.8, 4) is 0 Å². The van der Waals surface area contributed by atoms with Crippen molar-refractivity contribution in [2.75, 3.05) is 5.75 Å². The monoisotopic (exact) mass is 249 g/mol. The van der Waals surface area contributed by atoms with Crippen LogP contribution in [0.15, 0.2) is 0 Å². The lowest BCUT2D eigenvalue weighted by atomic mass is 9.89. The fraction of sp³-hybridized carbons (Fsp3) is 0.778. The maximum atomic E-state index is 11.2. The molecule has 1 amide bonds. The molecule has 0 saturated carbocycles. The highest BCUT2D eigenvalue weighted by atomic mass is 32.2. The predicted octanol–water partition coefficient (Wildman–Crippen LogP) is 2.49. The van der Waals surface area contributed by atoms with E-state index < -0.39 is 0 Å². The number of carbonyl (C=O) groups excluding carboxylic acids is 1. The molecule has 1 saturated heterocycles. The molecule has 1 rings (SSSR count). The van der Waals surface area contributed by atoms with Gasteiger partial charge in [-0.3, -0.25) is 4.79 Å². The summed E-state index contributed by atoms with van der Waals surface area (Å²) in [7, 11) is 0. The van der Waals surface area contributed by atoms with Crippen LogP contribution in [0.3, 0.4) is 0 Å². The average molecular weight is 249 g/mol. The van der Waals surface area contributed by atoms with Crippen molar-refractivity contribution in [2.45, 2.75) is 26.1 Å². The van der Waals surface area contributed by atoms with Gasteiger partial charge in [0.2, 0.25) is 5.91 Å². The second-order valence-electron chi connectivity index (χ2n) is 3.50. The topological polar surface area (TPSA) is 29.1 Å². The minimum absolute atomic E-state index is 0.135. The molecule has 2 atom stereocenters. The number of rotatable bonds is 3. The van der Waals surface area contributed by atoms with Crippen LogP contribution in [-0.2, 0) is 4.79 Å². The Morgan fingerprint density at radius 2 is 2.29 bits per heavy atom. The number of hydrogen-bond acceptors (Lipinski definition) is 4. The predicted molar refractivity (Wildman–Crippen MR) is 68.6 cm³/mol. The number of amides is 1. The van der Waals surface area contributed by atoms with E-state index in [1.807, 2.05) is 0 Å². The molecule has 1 N–H and O–H groups in total. The quantitative estimate of drug-likeness (QED) is 0.614. The normalized spacial score (nSPS) is 25.9. The molecule has 2 unspecified atom stereocenters. The van der Waals surface area contributed by atoms with Crippen molar-refractivity contribution >= 4 is 45.2 Å². The van der Waals surface area contributed by atoms with Crippen LogP contribution in [0.1, 0.15) is 20.8 Å². The Morgan fingerprint density at radius 1 is 1.64 bits per heavy atom. The summed E-state index contributed by atoms with van der Waals surface area (Å²) in [6.07, 6.45) is 0. The highest BCUT2D eigenvalue weighted by Gasteiger charge is 2.42. The van der Waals surface area contributed by atoms with Gasteiger partial charge >= 0.3 is 0 Å². The highest BCUT2D eigenvalue weighted by Crippen LogP contribution is 2.34. The van der Waals surface area contributed by atoms with Crippen molar-refractivity contribution < 1.29 is 4.79 Å². The van der Waals surface area contributed by atoms with Gasteiger partial charge in [-0.2, -0.15) is 0 Å². The molecule has 0 aromatic carbocycles. The smallest absolute Gasteiger partial charge is 0.227 e. The third-order valence-electron chi connectivity index (χ3n) is 2.12. The van der Waals surface area contributed by atoms with E-state index in [0.717, 1.165) is 9.28 Å². The average Bonchev–Trinajstić information content (AvgIpc) is 2.01. The van der Waals surface area contributed by atoms with Crippen molar-refractivity contribution in [3.05, 3.63) is 0 Å². The van der Waals surface area contributed by atoms with Crippen molar-refractivity contribution in [1.82, 2.24) is 5.32 Å². The molecule has 1 fully saturated rings. The Hall–Kier alpha value is 0.260. The zero-order valence-corrected chi connectivity index (χ0v) is 11.0. The van der Waals surface area contributed by atoms with E-state index in [4.69, 9.17) is 12.2 Å². The Labute approximate surface area is 99.0 Å². The zero-order valence-electron chi connectivity index (χ0n) is 8.57. The lowest BCUT2D eigenvalue weighted by Crippen LogP contribution is -2.58. The summed E-state index contributed by atoms with van der Waals surface area (Å²) >= 11 is 8.46. The second-order valence-corrected chi connectivity index (χ2v) is 7.11. The van der Waals surface area contributed by atoms with Crippen LogP contribution in [0.4, 0.5) is 0 Å². The van der Waals surface area contributed by atoms with Crippen LogP contribution in [0.25, 0.3) is 0 Å². The van der Waals surface area contributed by atoms with Gasteiger partial charge in [-0.25, -0.2) is 0 Å². The van der Waals surface area contributed by atoms with Crippen molar-refractivity contribution in [1.29, 1.82) is 0 Å². The number of carbonyl (C=O) groups is 1. The third kappa shape index (κ3) is 2.87. The number of thiocarbonyl (C=S) groups is 1. The maximum absolute atomic E-state index is 11.2. The lowest BCUT2D eigenvalue weighted by Gasteiger charge is -2.38. The van der Waals surface area contributed by atoms with Crippen LogP contribution in [0.2, 0.25) is 0 Å². The molecule has 0 radical (unpaired) electrons. The van der Waals surface area contributed by atoms with Gasteiger partial charge in [-0.05, 0) is 11.7 Å². The molecule has 14 heavy (non-hydrogen) atoms. The molecule has 1 heterocycles. The Balaban J connectivity index is 2.40. The maximum Gasteiger partial charge on any atom is 0.227 e. The first-order valence-electron chi connectivity index (χ1n) is 4.70. The molecular formula is C9H15NOS3. The fourth-order valence-corrected chi connectivity index (χ4v) is 4.18. The van der Waals surface area contributed by atoms with Gasteiger partial charge in [0.15, 0.2) is 0 Å². The minimum atomic E-state index is 0.135. The molecule has 0 aliphatic carbocycles. The second kappa shape index (κ2) is 5.37. The zero-order chi connectivity index (χ0) is 10.7. The van der Waals surface area contributed by atoms with Crippen LogP contribution < -0.4 is 5.32 Å². The number of β-lactam (4-membered cyclic amide) rings is 1. The largest absolute Gasteiger partial charge is 0.343 e. The molecule has 1 aliphatic rings. The molecule has 2 nitrogen and oxygen atoms in total. The highest BCUT2D eigenvalue weighted by molar-refractivity contribution is 8.47. The van der Waals surface area contributed by atoms with E-state index in [2.05, 4.69) is 26.1 Å². The van der Waals surface area contributed by atoms with E-state index in [1.54, 1.807) is 23.5 Å². The van der Waals surface area contributed by atoms with E-state index in [-0.39, 0.29) is 17.2 Å². The van der Waals surface area contributed by atoms with Gasteiger partial charge in [0.25, 0.3) is 0 Å². The molecule has 5 heteroatoms. The SMILES string of the molecule is CCSC(=S)SC1NC(=O)C1C(C)C. The van der Waals surface area contributed by atoms with Crippen LogP contribution in [0, 0.1) is 11.8 Å². The summed E-state index contributed by atoms with van der Waals surface area (Å²) in [6.45, 7) is 6.23. The first-order valence-corrected chi connectivity index (χ1v) is 6.97. The summed E-state index contributed by atoms with van der Waals surface area (Å²) in [5, 5.41) is 3.09. The summed E-state index contributed by atoms with van der Waals surface area (Å²) in [5.41, 5.74) is 0. The van der Waals surface area contributed by atoms with Gasteiger partial charge in [0.05, 0.1) is 11.3 Å². The Bertz CT molecular complexity index is 242. The minimum Gasteiger partial charge on any atom is -0.343 e. The lowest BCUT2D eigenvalue weighted by molar-refractivity contribution is -0.134. The Kier molecular flexibility index (Phi) is 4.73. The van der Waals surface area contributed by atoms with Crippen molar-refractivity contribution in [2.24, 2.45) is 11.8 Å². The van der Waals surface area contributed by atoms with Crippen LogP contribution in [0.5, 0.6) is 0 Å². The fourth-order valence-electron chi connectivity index (χ4n) is 1.38. The standard InChI is InChI=1S/C9H15NOS3/c1-4-13-9(12)14-8-6(5(2)3)7(11)10-8/h5-6,8H,4H2,1-3H3,(H,10,11). The van der Waals surface area contributed by atoms with E-state index >= 15 is 0 Å². The summed E-state index contributed by atoms with van der Waals surface area (Å²) in [6, 6.07) is 0. The molecule has 0 aromatic heterocycles. The van der Waals surface area contributed by atoms with Gasteiger partial charge in [0.1, 0.15) is 3.53 Å². The number of thioether (sulfide) groups is 2. The van der Waals surface area contributed by atoms with Crippen LogP contribution in [-0.4, -0.2) is 20.6 Å². The molecule has 0 spiro atoms. The molecule has 1 aliphatic heterocycles. The third-order valence-corrected chi connectivity index (χ3v) is 4.78. The van der Waals surface area contributed by atoms with Crippen molar-refractivity contribution in [3.63, 3.8) is 0 Å².